The van der Waals surface area contributed by atoms with Gasteiger partial charge in [0.15, 0.2) is 0 Å². The summed E-state index contributed by atoms with van der Waals surface area (Å²) in [4.78, 5) is 0. The first-order valence-corrected chi connectivity index (χ1v) is 3.35. The van der Waals surface area contributed by atoms with Crippen LogP contribution in [0.4, 0.5) is 0 Å². The summed E-state index contributed by atoms with van der Waals surface area (Å²) >= 11 is 0. The van der Waals surface area contributed by atoms with Crippen LogP contribution in [0.25, 0.3) is 0 Å². The van der Waals surface area contributed by atoms with Crippen LogP contribution in [0.2, 0.25) is 0 Å². The quantitative estimate of drug-likeness (QED) is 0.547. The molecule has 1 heterocycles. The van der Waals surface area contributed by atoms with E-state index in [9.17, 15) is 0 Å². The van der Waals surface area contributed by atoms with Crippen LogP contribution in [-0.2, 0) is 0 Å². The van der Waals surface area contributed by atoms with Crippen molar-refractivity contribution in [2.24, 2.45) is 5.92 Å². The van der Waals surface area contributed by atoms with Crippen LogP contribution in [0.1, 0.15) is 27.2 Å². The molecule has 1 aliphatic rings. The van der Waals surface area contributed by atoms with Gasteiger partial charge in [-0.25, -0.2) is 0 Å². The Bertz CT molecular complexity index is 90.9. The summed E-state index contributed by atoms with van der Waals surface area (Å²) in [6, 6.07) is 0. The number of hydrogen-bond donors (Lipinski definition) is 1. The van der Waals surface area contributed by atoms with Gasteiger partial charge in [0.05, 0.1) is 0 Å². The molecule has 0 bridgehead atoms. The van der Waals surface area contributed by atoms with Gasteiger partial charge in [-0.1, -0.05) is 6.92 Å². The van der Waals surface area contributed by atoms with Crippen molar-refractivity contribution in [3.05, 3.63) is 0 Å². The van der Waals surface area contributed by atoms with E-state index >= 15 is 0 Å². The lowest BCUT2D eigenvalue weighted by Gasteiger charge is -2.16. The maximum Gasteiger partial charge on any atom is 0.0128 e. The topological polar surface area (TPSA) is 12.0 Å². The molecule has 0 saturated carbocycles. The van der Waals surface area contributed by atoms with Crippen molar-refractivity contribution in [2.75, 3.05) is 6.54 Å². The molecular weight excluding hydrogens is 130 g/mol. The molecule has 0 unspecified atom stereocenters. The van der Waals surface area contributed by atoms with Crippen LogP contribution in [0, 0.1) is 5.92 Å². The van der Waals surface area contributed by atoms with E-state index in [1.807, 2.05) is 0 Å². The molecule has 2 heteroatoms. The van der Waals surface area contributed by atoms with Gasteiger partial charge in [0.25, 0.3) is 0 Å². The molecular formula is C7H17NS. The van der Waals surface area contributed by atoms with Crippen molar-refractivity contribution in [2.45, 2.75) is 32.7 Å². The Labute approximate surface area is 64.7 Å². The third kappa shape index (κ3) is 2.59. The number of rotatable bonds is 0. The highest BCUT2D eigenvalue weighted by molar-refractivity contribution is 7.59. The van der Waals surface area contributed by atoms with Crippen LogP contribution in [-0.4, -0.2) is 12.1 Å². The minimum atomic E-state index is 0. The van der Waals surface area contributed by atoms with Crippen LogP contribution >= 0.6 is 13.5 Å². The lowest BCUT2D eigenvalue weighted by Crippen LogP contribution is -2.31. The average molecular weight is 147 g/mol. The highest BCUT2D eigenvalue weighted by Gasteiger charge is 2.26. The van der Waals surface area contributed by atoms with Gasteiger partial charge in [-0.15, -0.1) is 0 Å². The normalized spacial score (nSPS) is 31.7. The molecule has 0 spiro atoms. The molecule has 0 aromatic heterocycles. The molecule has 1 saturated heterocycles. The van der Waals surface area contributed by atoms with Crippen molar-refractivity contribution in [1.29, 1.82) is 0 Å². The molecule has 0 radical (unpaired) electrons. The monoisotopic (exact) mass is 147 g/mol. The highest BCUT2D eigenvalue weighted by Crippen LogP contribution is 2.21. The first kappa shape index (κ1) is 9.31. The predicted molar refractivity (Wildman–Crippen MR) is 46.2 cm³/mol. The predicted octanol–water partition coefficient (Wildman–Crippen LogP) is 1.51. The summed E-state index contributed by atoms with van der Waals surface area (Å²) in [6.45, 7) is 8.02. The molecule has 56 valence electrons. The van der Waals surface area contributed by atoms with Crippen molar-refractivity contribution >= 4 is 13.5 Å². The summed E-state index contributed by atoms with van der Waals surface area (Å²) in [5.41, 5.74) is 0.416. The molecule has 1 aliphatic heterocycles. The molecule has 1 N–H and O–H groups in total. The van der Waals surface area contributed by atoms with E-state index < -0.39 is 0 Å². The minimum absolute atomic E-state index is 0. The molecule has 0 amide bonds. The third-order valence-corrected chi connectivity index (χ3v) is 1.79. The zero-order chi connectivity index (χ0) is 6.20. The van der Waals surface area contributed by atoms with Crippen LogP contribution in [0.3, 0.4) is 0 Å². The maximum atomic E-state index is 3.45. The Morgan fingerprint density at radius 3 is 2.11 bits per heavy atom. The van der Waals surface area contributed by atoms with Gasteiger partial charge in [-0.3, -0.25) is 0 Å². The Hall–Kier alpha value is 0.310. The highest BCUT2D eigenvalue weighted by atomic mass is 32.1. The van der Waals surface area contributed by atoms with Gasteiger partial charge in [-0.2, -0.15) is 13.5 Å². The van der Waals surface area contributed by atoms with Crippen molar-refractivity contribution in [3.8, 4) is 0 Å². The Morgan fingerprint density at radius 2 is 2.00 bits per heavy atom. The van der Waals surface area contributed by atoms with Crippen LogP contribution < -0.4 is 5.32 Å². The van der Waals surface area contributed by atoms with Crippen molar-refractivity contribution in [1.82, 2.24) is 5.32 Å². The standard InChI is InChI=1S/C7H15N.H2S/c1-6-4-7(2,3)8-5-6;/h6,8H,4-5H2,1-3H3;1H2/t6-;/m0./s1. The lowest BCUT2D eigenvalue weighted by atomic mass is 9.99. The molecule has 1 rings (SSSR count). The molecule has 0 aromatic rings. The Kier molecular flexibility index (Phi) is 3.03. The second-order valence-electron chi connectivity index (χ2n) is 3.57. The fraction of sp³-hybridized carbons (Fsp3) is 1.00. The summed E-state index contributed by atoms with van der Waals surface area (Å²) in [7, 11) is 0. The fourth-order valence-corrected chi connectivity index (χ4v) is 1.47. The number of hydrogen-bond acceptors (Lipinski definition) is 1. The van der Waals surface area contributed by atoms with E-state index in [0.29, 0.717) is 5.54 Å². The van der Waals surface area contributed by atoms with Gasteiger partial charge < -0.3 is 5.32 Å². The van der Waals surface area contributed by atoms with E-state index in [4.69, 9.17) is 0 Å². The summed E-state index contributed by atoms with van der Waals surface area (Å²) < 4.78 is 0. The molecule has 1 nitrogen and oxygen atoms in total. The SMILES string of the molecule is C[C@@H]1CNC(C)(C)C1.S. The first-order chi connectivity index (χ1) is 3.60. The third-order valence-electron chi connectivity index (χ3n) is 1.79. The molecule has 1 atom stereocenters. The zero-order valence-electron chi connectivity index (χ0n) is 6.49. The van der Waals surface area contributed by atoms with E-state index in [0.717, 1.165) is 5.92 Å². The summed E-state index contributed by atoms with van der Waals surface area (Å²) in [5, 5.41) is 3.45. The Morgan fingerprint density at radius 1 is 1.44 bits per heavy atom. The van der Waals surface area contributed by atoms with Crippen molar-refractivity contribution in [3.63, 3.8) is 0 Å². The molecule has 1 fully saturated rings. The van der Waals surface area contributed by atoms with E-state index in [1.165, 1.54) is 13.0 Å². The average Bonchev–Trinajstić information content (AvgIpc) is 1.82. The van der Waals surface area contributed by atoms with Gasteiger partial charge in [0.2, 0.25) is 0 Å². The summed E-state index contributed by atoms with van der Waals surface area (Å²) in [5.74, 6) is 0.880. The van der Waals surface area contributed by atoms with Gasteiger partial charge in [0.1, 0.15) is 0 Å². The van der Waals surface area contributed by atoms with Gasteiger partial charge >= 0.3 is 0 Å². The number of nitrogens with one attached hydrogen (secondary N) is 1. The lowest BCUT2D eigenvalue weighted by molar-refractivity contribution is 0.448. The molecule has 0 aliphatic carbocycles. The Balaban J connectivity index is 0.000000640. The minimum Gasteiger partial charge on any atom is -0.312 e. The zero-order valence-corrected chi connectivity index (χ0v) is 7.49. The van der Waals surface area contributed by atoms with Gasteiger partial charge in [0, 0.05) is 5.54 Å². The van der Waals surface area contributed by atoms with Crippen LogP contribution in [0.5, 0.6) is 0 Å². The largest absolute Gasteiger partial charge is 0.312 e. The first-order valence-electron chi connectivity index (χ1n) is 3.35. The van der Waals surface area contributed by atoms with Crippen molar-refractivity contribution < 1.29 is 0 Å². The van der Waals surface area contributed by atoms with Crippen LogP contribution in [0.15, 0.2) is 0 Å². The maximum absolute atomic E-state index is 3.45. The second kappa shape index (κ2) is 2.93. The summed E-state index contributed by atoms with van der Waals surface area (Å²) in [6.07, 6.45) is 1.33. The van der Waals surface area contributed by atoms with E-state index in [-0.39, 0.29) is 13.5 Å². The smallest absolute Gasteiger partial charge is 0.0128 e. The molecule has 0 aromatic carbocycles. The molecule has 9 heavy (non-hydrogen) atoms. The fourth-order valence-electron chi connectivity index (χ4n) is 1.47. The van der Waals surface area contributed by atoms with E-state index in [1.54, 1.807) is 0 Å². The van der Waals surface area contributed by atoms with Gasteiger partial charge in [-0.05, 0) is 32.7 Å². The second-order valence-corrected chi connectivity index (χ2v) is 3.57. The van der Waals surface area contributed by atoms with E-state index in [2.05, 4.69) is 26.1 Å².